The molecule has 1 saturated heterocycles. The van der Waals surface area contributed by atoms with Crippen LogP contribution < -0.4 is 14.4 Å². The van der Waals surface area contributed by atoms with Crippen LogP contribution in [0.4, 0.5) is 18.9 Å². The van der Waals surface area contributed by atoms with Gasteiger partial charge in [-0.15, -0.1) is 0 Å². The molecule has 0 unspecified atom stereocenters. The van der Waals surface area contributed by atoms with Gasteiger partial charge in [-0.2, -0.15) is 17.9 Å². The molecular weight excluding hydrogens is 459 g/mol. The van der Waals surface area contributed by atoms with E-state index in [9.17, 15) is 26.4 Å². The van der Waals surface area contributed by atoms with Crippen LogP contribution in [0.5, 0.6) is 5.75 Å². The molecule has 33 heavy (non-hydrogen) atoms. The first-order valence-corrected chi connectivity index (χ1v) is 12.0. The number of nitrogens with one attached hydrogen (secondary N) is 1. The Bertz CT molecular complexity index is 1070. The van der Waals surface area contributed by atoms with E-state index in [0.29, 0.717) is 31.1 Å². The lowest BCUT2D eigenvalue weighted by Gasteiger charge is -2.37. The minimum atomic E-state index is -4.43. The second-order valence-electron chi connectivity index (χ2n) is 7.61. The third-order valence-corrected chi connectivity index (χ3v) is 6.83. The Kier molecular flexibility index (Phi) is 7.53. The third-order valence-electron chi connectivity index (χ3n) is 5.28. The zero-order valence-electron chi connectivity index (χ0n) is 18.3. The fourth-order valence-electron chi connectivity index (χ4n) is 3.57. The molecule has 11 heteroatoms. The molecule has 0 aromatic heterocycles. The monoisotopic (exact) mass is 485 g/mol. The summed E-state index contributed by atoms with van der Waals surface area (Å²) in [5, 5.41) is 0. The predicted octanol–water partition coefficient (Wildman–Crippen LogP) is 3.12. The molecule has 1 amide bonds. The van der Waals surface area contributed by atoms with E-state index in [4.69, 9.17) is 4.74 Å². The van der Waals surface area contributed by atoms with Crippen LogP contribution in [0.15, 0.2) is 53.4 Å². The zero-order valence-corrected chi connectivity index (χ0v) is 19.1. The molecule has 0 aliphatic carbocycles. The highest BCUT2D eigenvalue weighted by Gasteiger charge is 2.32. The quantitative estimate of drug-likeness (QED) is 0.652. The molecule has 7 nitrogen and oxygen atoms in total. The van der Waals surface area contributed by atoms with Crippen molar-refractivity contribution in [2.45, 2.75) is 31.0 Å². The van der Waals surface area contributed by atoms with Crippen molar-refractivity contribution < 1.29 is 31.1 Å². The van der Waals surface area contributed by atoms with Crippen molar-refractivity contribution >= 4 is 21.6 Å². The number of amides is 1. The Morgan fingerprint density at radius 3 is 2.30 bits per heavy atom. The maximum atomic E-state index is 13.0. The smallest absolute Gasteiger partial charge is 0.416 e. The van der Waals surface area contributed by atoms with Crippen molar-refractivity contribution in [2.24, 2.45) is 0 Å². The number of anilines is 1. The molecule has 0 saturated carbocycles. The molecule has 1 aliphatic rings. The summed E-state index contributed by atoms with van der Waals surface area (Å²) in [5.41, 5.74) is -0.294. The number of ether oxygens (including phenoxy) is 1. The summed E-state index contributed by atoms with van der Waals surface area (Å²) in [7, 11) is -3.92. The second-order valence-corrected chi connectivity index (χ2v) is 9.32. The Balaban J connectivity index is 1.59. The lowest BCUT2D eigenvalue weighted by atomic mass is 10.1. The highest BCUT2D eigenvalue weighted by atomic mass is 32.2. The largest absolute Gasteiger partial charge is 0.494 e. The van der Waals surface area contributed by atoms with Gasteiger partial charge in [0.15, 0.2) is 0 Å². The number of sulfonamides is 1. The van der Waals surface area contributed by atoms with Gasteiger partial charge in [-0.1, -0.05) is 6.07 Å². The topological polar surface area (TPSA) is 78.9 Å². The number of hydrogen-bond acceptors (Lipinski definition) is 5. The Morgan fingerprint density at radius 2 is 1.73 bits per heavy atom. The number of benzene rings is 2. The first kappa shape index (κ1) is 24.8. The maximum Gasteiger partial charge on any atom is 0.416 e. The number of halogens is 3. The summed E-state index contributed by atoms with van der Waals surface area (Å²) < 4.78 is 71.9. The van der Waals surface area contributed by atoms with E-state index in [-0.39, 0.29) is 18.0 Å². The Morgan fingerprint density at radius 1 is 1.09 bits per heavy atom. The van der Waals surface area contributed by atoms with E-state index < -0.39 is 33.7 Å². The van der Waals surface area contributed by atoms with Gasteiger partial charge in [-0.3, -0.25) is 4.79 Å². The minimum absolute atomic E-state index is 0.0139. The molecule has 0 spiro atoms. The molecule has 1 aliphatic heterocycles. The van der Waals surface area contributed by atoms with Gasteiger partial charge in [-0.05, 0) is 56.3 Å². The Labute approximate surface area is 191 Å². The van der Waals surface area contributed by atoms with E-state index in [1.54, 1.807) is 11.0 Å². The van der Waals surface area contributed by atoms with E-state index >= 15 is 0 Å². The molecular formula is C22H26F3N3O4S. The minimum Gasteiger partial charge on any atom is -0.494 e. The molecule has 0 radical (unpaired) electrons. The number of carbonyl (C=O) groups excluding carboxylic acids is 1. The highest BCUT2D eigenvalue weighted by Crippen LogP contribution is 2.32. The first-order valence-electron chi connectivity index (χ1n) is 10.5. The number of hydrogen-bond donors (Lipinski definition) is 1. The van der Waals surface area contributed by atoms with Gasteiger partial charge in [0.05, 0.1) is 23.1 Å². The van der Waals surface area contributed by atoms with Gasteiger partial charge >= 0.3 is 6.18 Å². The molecule has 0 bridgehead atoms. The summed E-state index contributed by atoms with van der Waals surface area (Å²) in [6, 6.07) is 9.94. The molecule has 1 heterocycles. The molecule has 1 atom stereocenters. The number of piperazine rings is 1. The fourth-order valence-corrected chi connectivity index (χ4v) is 4.77. The number of carbonyl (C=O) groups is 1. The van der Waals surface area contributed by atoms with Gasteiger partial charge in [0.2, 0.25) is 15.9 Å². The van der Waals surface area contributed by atoms with Crippen LogP contribution >= 0.6 is 0 Å². The van der Waals surface area contributed by atoms with Crippen LogP contribution in [0.3, 0.4) is 0 Å². The molecule has 1 N–H and O–H groups in total. The van der Waals surface area contributed by atoms with Crippen molar-refractivity contribution in [1.29, 1.82) is 0 Å². The van der Waals surface area contributed by atoms with Crippen molar-refractivity contribution in [1.82, 2.24) is 9.62 Å². The zero-order chi connectivity index (χ0) is 24.2. The summed E-state index contributed by atoms with van der Waals surface area (Å²) in [6.07, 6.45) is -4.43. The SMILES string of the molecule is CCOc1ccc(S(=O)(=O)N[C@H](C)C(=O)N2CCN(c3cccc(C(F)(F)F)c3)CC2)cc1. The third kappa shape index (κ3) is 6.17. The van der Waals surface area contributed by atoms with E-state index in [0.717, 1.165) is 12.1 Å². The standard InChI is InChI=1S/C22H26F3N3O4S/c1-3-32-19-7-9-20(10-8-19)33(30,31)26-16(2)21(29)28-13-11-27(12-14-28)18-6-4-5-17(15-18)22(23,24)25/h4-10,15-16,26H,3,11-14H2,1-2H3/t16-/m1/s1. The normalized spacial score (nSPS) is 15.9. The number of rotatable bonds is 7. The average molecular weight is 486 g/mol. The van der Waals surface area contributed by atoms with Crippen LogP contribution in [-0.4, -0.2) is 58.1 Å². The number of nitrogens with zero attached hydrogens (tertiary/aromatic N) is 2. The van der Waals surface area contributed by atoms with Gasteiger partial charge in [0.1, 0.15) is 5.75 Å². The van der Waals surface area contributed by atoms with Crippen molar-refractivity contribution in [3.63, 3.8) is 0 Å². The molecule has 2 aromatic rings. The van der Waals surface area contributed by atoms with Crippen LogP contribution in [0.1, 0.15) is 19.4 Å². The molecule has 180 valence electrons. The second kappa shape index (κ2) is 10.0. The summed E-state index contributed by atoms with van der Waals surface area (Å²) >= 11 is 0. The molecule has 3 rings (SSSR count). The van der Waals surface area contributed by atoms with E-state index in [1.165, 1.54) is 42.2 Å². The summed E-state index contributed by atoms with van der Waals surface area (Å²) in [4.78, 5) is 16.1. The van der Waals surface area contributed by atoms with Gasteiger partial charge in [-0.25, -0.2) is 8.42 Å². The van der Waals surface area contributed by atoms with E-state index in [1.807, 2.05) is 6.92 Å². The Hall–Kier alpha value is -2.79. The summed E-state index contributed by atoms with van der Waals surface area (Å²) in [5.74, 6) is 0.146. The van der Waals surface area contributed by atoms with Gasteiger partial charge in [0, 0.05) is 31.9 Å². The van der Waals surface area contributed by atoms with E-state index in [2.05, 4.69) is 4.72 Å². The lowest BCUT2D eigenvalue weighted by Crippen LogP contribution is -2.54. The fraction of sp³-hybridized carbons (Fsp3) is 0.409. The number of alkyl halides is 3. The lowest BCUT2D eigenvalue weighted by molar-refractivity contribution is -0.137. The predicted molar refractivity (Wildman–Crippen MR) is 118 cm³/mol. The van der Waals surface area contributed by atoms with Crippen LogP contribution in [0.25, 0.3) is 0 Å². The maximum absolute atomic E-state index is 13.0. The van der Waals surface area contributed by atoms with Crippen LogP contribution in [0, 0.1) is 0 Å². The van der Waals surface area contributed by atoms with Gasteiger partial charge in [0.25, 0.3) is 0 Å². The first-order chi connectivity index (χ1) is 15.5. The molecule has 1 fully saturated rings. The summed E-state index contributed by atoms with van der Waals surface area (Å²) in [6.45, 7) is 4.95. The van der Waals surface area contributed by atoms with Gasteiger partial charge < -0.3 is 14.5 Å². The van der Waals surface area contributed by atoms with Crippen molar-refractivity contribution in [3.05, 3.63) is 54.1 Å². The van der Waals surface area contributed by atoms with Crippen molar-refractivity contribution in [3.8, 4) is 5.75 Å². The molecule has 2 aromatic carbocycles. The van der Waals surface area contributed by atoms with Crippen LogP contribution in [-0.2, 0) is 21.0 Å². The average Bonchev–Trinajstić information content (AvgIpc) is 2.78. The highest BCUT2D eigenvalue weighted by molar-refractivity contribution is 7.89. The van der Waals surface area contributed by atoms with Crippen molar-refractivity contribution in [2.75, 3.05) is 37.7 Å². The van der Waals surface area contributed by atoms with Crippen LogP contribution in [0.2, 0.25) is 0 Å².